The molecule has 2 aromatic rings. The second-order valence-electron chi connectivity index (χ2n) is 6.53. The van der Waals surface area contributed by atoms with Gasteiger partial charge < -0.3 is 4.74 Å². The Balaban J connectivity index is 1.89. The van der Waals surface area contributed by atoms with Gasteiger partial charge in [-0.3, -0.25) is 0 Å². The van der Waals surface area contributed by atoms with E-state index >= 15 is 0 Å². The molecule has 1 fully saturated rings. The van der Waals surface area contributed by atoms with Crippen LogP contribution in [0.4, 0.5) is 0 Å². The van der Waals surface area contributed by atoms with Crippen molar-refractivity contribution in [3.05, 3.63) is 52.6 Å². The van der Waals surface area contributed by atoms with Crippen molar-refractivity contribution in [1.82, 2.24) is 0 Å². The van der Waals surface area contributed by atoms with E-state index in [0.717, 1.165) is 31.1 Å². The van der Waals surface area contributed by atoms with Gasteiger partial charge in [-0.2, -0.15) is 0 Å². The standard InChI is InChI=1S/C20H22O/c1-13-5-8-18(15-6-7-15)19(12-13)16-9-10-20-17(14(16)2)4-3-11-21-20/h5,8-10,12,15H,3-4,6-7,11H2,1-2H3. The fourth-order valence-electron chi connectivity index (χ4n) is 3.55. The minimum Gasteiger partial charge on any atom is -0.493 e. The summed E-state index contributed by atoms with van der Waals surface area (Å²) < 4.78 is 5.81. The van der Waals surface area contributed by atoms with Gasteiger partial charge in [-0.15, -0.1) is 0 Å². The monoisotopic (exact) mass is 278 g/mol. The van der Waals surface area contributed by atoms with E-state index in [4.69, 9.17) is 4.74 Å². The summed E-state index contributed by atoms with van der Waals surface area (Å²) in [6.07, 6.45) is 4.99. The Labute approximate surface area is 127 Å². The summed E-state index contributed by atoms with van der Waals surface area (Å²) in [6, 6.07) is 11.4. The average Bonchev–Trinajstić information content (AvgIpc) is 3.32. The van der Waals surface area contributed by atoms with Gasteiger partial charge in [0.2, 0.25) is 0 Å². The summed E-state index contributed by atoms with van der Waals surface area (Å²) in [5, 5.41) is 0. The highest BCUT2D eigenvalue weighted by Gasteiger charge is 2.27. The number of hydrogen-bond donors (Lipinski definition) is 0. The van der Waals surface area contributed by atoms with Crippen LogP contribution in [-0.4, -0.2) is 6.61 Å². The first-order valence-corrected chi connectivity index (χ1v) is 8.10. The topological polar surface area (TPSA) is 9.23 Å². The minimum absolute atomic E-state index is 0.785. The fraction of sp³-hybridized carbons (Fsp3) is 0.400. The third kappa shape index (κ3) is 2.25. The van der Waals surface area contributed by atoms with Crippen molar-refractivity contribution >= 4 is 0 Å². The number of ether oxygens (including phenoxy) is 1. The van der Waals surface area contributed by atoms with Crippen molar-refractivity contribution in [2.45, 2.75) is 45.4 Å². The van der Waals surface area contributed by atoms with Crippen LogP contribution in [-0.2, 0) is 6.42 Å². The normalized spacial score (nSPS) is 17.2. The lowest BCUT2D eigenvalue weighted by Gasteiger charge is -2.22. The van der Waals surface area contributed by atoms with Crippen molar-refractivity contribution < 1.29 is 4.74 Å². The van der Waals surface area contributed by atoms with Crippen LogP contribution in [0.25, 0.3) is 11.1 Å². The molecule has 21 heavy (non-hydrogen) atoms. The van der Waals surface area contributed by atoms with Crippen molar-refractivity contribution in [1.29, 1.82) is 0 Å². The molecule has 4 rings (SSSR count). The molecule has 1 aliphatic heterocycles. The van der Waals surface area contributed by atoms with Gasteiger partial charge in [0.1, 0.15) is 5.75 Å². The van der Waals surface area contributed by atoms with Gasteiger partial charge in [0.05, 0.1) is 6.61 Å². The van der Waals surface area contributed by atoms with Crippen LogP contribution < -0.4 is 4.74 Å². The van der Waals surface area contributed by atoms with Gasteiger partial charge in [0.15, 0.2) is 0 Å². The van der Waals surface area contributed by atoms with Crippen LogP contribution in [0.2, 0.25) is 0 Å². The predicted molar refractivity (Wildman–Crippen MR) is 87.1 cm³/mol. The summed E-state index contributed by atoms with van der Waals surface area (Å²) >= 11 is 0. The largest absolute Gasteiger partial charge is 0.493 e. The summed E-state index contributed by atoms with van der Waals surface area (Å²) in [4.78, 5) is 0. The lowest BCUT2D eigenvalue weighted by Crippen LogP contribution is -2.10. The van der Waals surface area contributed by atoms with Crippen LogP contribution in [0.15, 0.2) is 30.3 Å². The zero-order valence-corrected chi connectivity index (χ0v) is 12.9. The van der Waals surface area contributed by atoms with Crippen LogP contribution in [0.5, 0.6) is 5.75 Å². The Morgan fingerprint density at radius 1 is 1.00 bits per heavy atom. The molecule has 1 aliphatic carbocycles. The first-order valence-electron chi connectivity index (χ1n) is 8.10. The summed E-state index contributed by atoms with van der Waals surface area (Å²) in [5.74, 6) is 1.88. The van der Waals surface area contributed by atoms with E-state index in [2.05, 4.69) is 44.2 Å². The minimum atomic E-state index is 0.785. The Morgan fingerprint density at radius 3 is 2.67 bits per heavy atom. The molecule has 0 bridgehead atoms. The molecule has 0 unspecified atom stereocenters. The average molecular weight is 278 g/mol. The van der Waals surface area contributed by atoms with Crippen molar-refractivity contribution in [2.75, 3.05) is 6.61 Å². The number of benzene rings is 2. The van der Waals surface area contributed by atoms with Gasteiger partial charge in [0, 0.05) is 0 Å². The highest BCUT2D eigenvalue weighted by molar-refractivity contribution is 5.74. The van der Waals surface area contributed by atoms with Crippen LogP contribution >= 0.6 is 0 Å². The van der Waals surface area contributed by atoms with Crippen molar-refractivity contribution in [3.63, 3.8) is 0 Å². The molecule has 2 aromatic carbocycles. The first-order chi connectivity index (χ1) is 10.2. The van der Waals surface area contributed by atoms with E-state index in [0.29, 0.717) is 0 Å². The van der Waals surface area contributed by atoms with Crippen molar-refractivity contribution in [3.8, 4) is 16.9 Å². The highest BCUT2D eigenvalue weighted by Crippen LogP contribution is 2.46. The molecule has 0 amide bonds. The van der Waals surface area contributed by atoms with E-state index in [-0.39, 0.29) is 0 Å². The molecule has 0 N–H and O–H groups in total. The third-order valence-corrected chi connectivity index (χ3v) is 4.90. The zero-order chi connectivity index (χ0) is 14.4. The number of rotatable bonds is 2. The highest BCUT2D eigenvalue weighted by atomic mass is 16.5. The second-order valence-corrected chi connectivity index (χ2v) is 6.53. The molecule has 0 spiro atoms. The molecule has 2 aliphatic rings. The number of hydrogen-bond acceptors (Lipinski definition) is 1. The molecular formula is C20H22O. The van der Waals surface area contributed by atoms with Crippen LogP contribution in [0, 0.1) is 13.8 Å². The molecule has 0 atom stereocenters. The molecule has 1 heteroatoms. The number of fused-ring (bicyclic) bond motifs is 1. The van der Waals surface area contributed by atoms with E-state index < -0.39 is 0 Å². The maximum Gasteiger partial charge on any atom is 0.122 e. The SMILES string of the molecule is Cc1ccc(C2CC2)c(-c2ccc3c(c2C)CCCO3)c1. The molecule has 1 nitrogen and oxygen atoms in total. The number of aryl methyl sites for hydroxylation is 1. The molecule has 0 radical (unpaired) electrons. The Bertz CT molecular complexity index is 695. The van der Waals surface area contributed by atoms with Gasteiger partial charge in [-0.05, 0) is 79.3 Å². The molecule has 0 aromatic heterocycles. The Kier molecular flexibility index (Phi) is 3.02. The maximum absolute atomic E-state index is 5.81. The predicted octanol–water partition coefficient (Wildman–Crippen LogP) is 5.17. The lowest BCUT2D eigenvalue weighted by atomic mass is 9.88. The molecular weight excluding hydrogens is 256 g/mol. The van der Waals surface area contributed by atoms with E-state index in [9.17, 15) is 0 Å². The lowest BCUT2D eigenvalue weighted by molar-refractivity contribution is 0.288. The Hall–Kier alpha value is -1.76. The van der Waals surface area contributed by atoms with Crippen LogP contribution in [0.3, 0.4) is 0 Å². The quantitative estimate of drug-likeness (QED) is 0.736. The summed E-state index contributed by atoms with van der Waals surface area (Å²) in [7, 11) is 0. The maximum atomic E-state index is 5.81. The first kappa shape index (κ1) is 12.9. The molecule has 1 heterocycles. The van der Waals surface area contributed by atoms with Gasteiger partial charge in [-0.1, -0.05) is 29.8 Å². The Morgan fingerprint density at radius 2 is 1.86 bits per heavy atom. The molecule has 108 valence electrons. The molecule has 1 saturated carbocycles. The fourth-order valence-corrected chi connectivity index (χ4v) is 3.55. The summed E-state index contributed by atoms with van der Waals surface area (Å²) in [6.45, 7) is 5.32. The summed E-state index contributed by atoms with van der Waals surface area (Å²) in [5.41, 5.74) is 8.58. The van der Waals surface area contributed by atoms with E-state index in [1.165, 1.54) is 40.7 Å². The van der Waals surface area contributed by atoms with Gasteiger partial charge in [0.25, 0.3) is 0 Å². The van der Waals surface area contributed by atoms with Crippen LogP contribution in [0.1, 0.15) is 47.4 Å². The smallest absolute Gasteiger partial charge is 0.122 e. The van der Waals surface area contributed by atoms with Crippen molar-refractivity contribution in [2.24, 2.45) is 0 Å². The third-order valence-electron chi connectivity index (χ3n) is 4.90. The zero-order valence-electron chi connectivity index (χ0n) is 12.9. The van der Waals surface area contributed by atoms with Gasteiger partial charge in [-0.25, -0.2) is 0 Å². The van der Waals surface area contributed by atoms with E-state index in [1.807, 2.05) is 0 Å². The second kappa shape index (κ2) is 4.91. The van der Waals surface area contributed by atoms with Gasteiger partial charge >= 0.3 is 0 Å². The molecule has 0 saturated heterocycles. The van der Waals surface area contributed by atoms with E-state index in [1.54, 1.807) is 5.56 Å².